The second kappa shape index (κ2) is 7.90. The summed E-state index contributed by atoms with van der Waals surface area (Å²) in [5, 5.41) is 0. The average molecular weight is 418 g/mol. The Morgan fingerprint density at radius 3 is 2.96 bits per heavy atom. The van der Waals surface area contributed by atoms with E-state index in [-0.39, 0.29) is 4.93 Å². The number of ether oxygens (including phenoxy) is 2. The molecule has 5 rings (SSSR count). The number of rotatable bonds is 6. The van der Waals surface area contributed by atoms with Gasteiger partial charge in [0.25, 0.3) is 0 Å². The molecule has 1 saturated carbocycles. The standard InChI is InChI=1S/C23H31NO2S2/c27-21-19(8-5-13-25-16-18-6-2-1-3-7-18)20-9-4-10-22(20)17-23(11-12-24(21)22)26-14-15-28-23/h1-3,6-7,19-20H,4-5,8-17H2/t19-,20-,22-,23+/m1/s1. The fourth-order valence-corrected chi connectivity index (χ4v) is 8.16. The Kier molecular flexibility index (Phi) is 5.46. The third-order valence-corrected chi connectivity index (χ3v) is 9.33. The minimum absolute atomic E-state index is 0.0857. The van der Waals surface area contributed by atoms with Crippen LogP contribution >= 0.6 is 24.0 Å². The van der Waals surface area contributed by atoms with Crippen LogP contribution in [0.1, 0.15) is 50.5 Å². The van der Waals surface area contributed by atoms with Crippen molar-refractivity contribution in [2.24, 2.45) is 11.8 Å². The monoisotopic (exact) mass is 417 g/mol. The fraction of sp³-hybridized carbons (Fsp3) is 0.696. The maximum atomic E-state index is 6.29. The Hall–Kier alpha value is -0.620. The Morgan fingerprint density at radius 1 is 1.25 bits per heavy atom. The summed E-state index contributed by atoms with van der Waals surface area (Å²) in [5.74, 6) is 2.46. The molecule has 1 aliphatic carbocycles. The molecule has 2 spiro atoms. The minimum atomic E-state index is 0.0857. The Bertz CT molecular complexity index is 706. The summed E-state index contributed by atoms with van der Waals surface area (Å²) in [5.41, 5.74) is 1.55. The second-order valence-corrected chi connectivity index (χ2v) is 10.8. The molecule has 28 heavy (non-hydrogen) atoms. The van der Waals surface area contributed by atoms with E-state index in [1.165, 1.54) is 42.7 Å². The van der Waals surface area contributed by atoms with Gasteiger partial charge < -0.3 is 14.4 Å². The quantitative estimate of drug-likeness (QED) is 0.476. The van der Waals surface area contributed by atoms with Crippen LogP contribution in [0.4, 0.5) is 0 Å². The van der Waals surface area contributed by atoms with Gasteiger partial charge in [-0.1, -0.05) is 49.0 Å². The highest BCUT2D eigenvalue weighted by molar-refractivity contribution is 8.00. The maximum Gasteiger partial charge on any atom is 0.117 e. The topological polar surface area (TPSA) is 21.7 Å². The van der Waals surface area contributed by atoms with Crippen molar-refractivity contribution in [3.05, 3.63) is 35.9 Å². The van der Waals surface area contributed by atoms with Crippen molar-refractivity contribution in [1.82, 2.24) is 4.90 Å². The van der Waals surface area contributed by atoms with Gasteiger partial charge in [-0.2, -0.15) is 0 Å². The molecule has 0 bridgehead atoms. The zero-order valence-corrected chi connectivity index (χ0v) is 18.2. The molecule has 3 saturated heterocycles. The number of thioether (sulfide) groups is 1. The van der Waals surface area contributed by atoms with E-state index >= 15 is 0 Å². The van der Waals surface area contributed by atoms with Crippen molar-refractivity contribution in [2.45, 2.75) is 62.0 Å². The molecule has 152 valence electrons. The van der Waals surface area contributed by atoms with Gasteiger partial charge >= 0.3 is 0 Å². The molecular weight excluding hydrogens is 386 g/mol. The zero-order valence-electron chi connectivity index (χ0n) is 16.6. The van der Waals surface area contributed by atoms with E-state index in [0.717, 1.165) is 44.3 Å². The molecular formula is C23H31NO2S2. The lowest BCUT2D eigenvalue weighted by atomic mass is 9.75. The number of piperidine rings is 1. The average Bonchev–Trinajstić information content (AvgIpc) is 3.37. The molecule has 4 atom stereocenters. The van der Waals surface area contributed by atoms with Crippen molar-refractivity contribution < 1.29 is 9.47 Å². The summed E-state index contributed by atoms with van der Waals surface area (Å²) in [4.78, 5) is 4.00. The number of hydrogen-bond acceptors (Lipinski definition) is 4. The lowest BCUT2D eigenvalue weighted by Gasteiger charge is -2.50. The van der Waals surface area contributed by atoms with Crippen LogP contribution in [-0.2, 0) is 16.1 Å². The van der Waals surface area contributed by atoms with E-state index in [0.29, 0.717) is 18.1 Å². The van der Waals surface area contributed by atoms with Gasteiger partial charge in [0.15, 0.2) is 0 Å². The third-order valence-electron chi connectivity index (χ3n) is 7.44. The van der Waals surface area contributed by atoms with Gasteiger partial charge in [0, 0.05) is 43.2 Å². The second-order valence-electron chi connectivity index (χ2n) is 8.91. The van der Waals surface area contributed by atoms with Crippen LogP contribution < -0.4 is 0 Å². The predicted molar refractivity (Wildman–Crippen MR) is 119 cm³/mol. The molecule has 4 aliphatic rings. The lowest BCUT2D eigenvalue weighted by molar-refractivity contribution is -0.0427. The van der Waals surface area contributed by atoms with E-state index in [9.17, 15) is 0 Å². The van der Waals surface area contributed by atoms with Gasteiger partial charge in [0.05, 0.1) is 18.2 Å². The molecule has 0 amide bonds. The molecule has 0 N–H and O–H groups in total. The van der Waals surface area contributed by atoms with Gasteiger partial charge in [0.1, 0.15) is 4.93 Å². The largest absolute Gasteiger partial charge is 0.377 e. The summed E-state index contributed by atoms with van der Waals surface area (Å²) in [6.07, 6.45) is 8.62. The highest BCUT2D eigenvalue weighted by atomic mass is 32.2. The van der Waals surface area contributed by atoms with Crippen LogP contribution in [0.3, 0.4) is 0 Å². The molecule has 3 heterocycles. The third kappa shape index (κ3) is 3.32. The number of thiocarbonyl (C=S) groups is 1. The van der Waals surface area contributed by atoms with Gasteiger partial charge in [-0.25, -0.2) is 0 Å². The summed E-state index contributed by atoms with van der Waals surface area (Å²) in [6, 6.07) is 10.5. The normalized spacial score (nSPS) is 36.9. The van der Waals surface area contributed by atoms with Crippen molar-refractivity contribution in [3.63, 3.8) is 0 Å². The highest BCUT2D eigenvalue weighted by Gasteiger charge is 2.63. The summed E-state index contributed by atoms with van der Waals surface area (Å²) >= 11 is 8.11. The maximum absolute atomic E-state index is 6.29. The van der Waals surface area contributed by atoms with Crippen LogP contribution in [-0.4, -0.2) is 45.9 Å². The Morgan fingerprint density at radius 2 is 2.14 bits per heavy atom. The van der Waals surface area contributed by atoms with Crippen LogP contribution in [0, 0.1) is 11.8 Å². The van der Waals surface area contributed by atoms with E-state index in [1.807, 2.05) is 0 Å². The first-order valence-corrected chi connectivity index (χ1v) is 12.3. The first-order valence-electron chi connectivity index (χ1n) is 10.9. The lowest BCUT2D eigenvalue weighted by Crippen LogP contribution is -2.56. The van der Waals surface area contributed by atoms with Crippen LogP contribution in [0.15, 0.2) is 30.3 Å². The van der Waals surface area contributed by atoms with Gasteiger partial charge in [-0.05, 0) is 37.2 Å². The molecule has 3 aliphatic heterocycles. The first-order chi connectivity index (χ1) is 13.7. The summed E-state index contributed by atoms with van der Waals surface area (Å²) < 4.78 is 12.2. The van der Waals surface area contributed by atoms with Crippen molar-refractivity contribution in [2.75, 3.05) is 25.5 Å². The van der Waals surface area contributed by atoms with Gasteiger partial charge in [-0.3, -0.25) is 0 Å². The molecule has 0 unspecified atom stereocenters. The van der Waals surface area contributed by atoms with Crippen LogP contribution in [0.2, 0.25) is 0 Å². The first kappa shape index (κ1) is 19.3. The van der Waals surface area contributed by atoms with Crippen LogP contribution in [0.5, 0.6) is 0 Å². The highest BCUT2D eigenvalue weighted by Crippen LogP contribution is 2.60. The minimum Gasteiger partial charge on any atom is -0.377 e. The SMILES string of the molecule is S=C1[C@H](CCCOCc2ccccc2)[C@H]2CCC[C@@]23C[C@@]2(CCN13)OCCS2. The van der Waals surface area contributed by atoms with Gasteiger partial charge in [-0.15, -0.1) is 11.8 Å². The van der Waals surface area contributed by atoms with E-state index in [4.69, 9.17) is 21.7 Å². The molecule has 3 nitrogen and oxygen atoms in total. The van der Waals surface area contributed by atoms with E-state index in [2.05, 4.69) is 47.0 Å². The summed E-state index contributed by atoms with van der Waals surface area (Å²) in [6.45, 7) is 3.57. The number of nitrogens with zero attached hydrogens (tertiary/aromatic N) is 1. The van der Waals surface area contributed by atoms with Crippen molar-refractivity contribution in [3.8, 4) is 0 Å². The predicted octanol–water partition coefficient (Wildman–Crippen LogP) is 5.04. The molecule has 5 heteroatoms. The molecule has 0 aromatic heterocycles. The molecule has 1 aromatic carbocycles. The van der Waals surface area contributed by atoms with Crippen molar-refractivity contribution >= 4 is 29.0 Å². The van der Waals surface area contributed by atoms with E-state index < -0.39 is 0 Å². The Labute approximate surface area is 178 Å². The molecule has 4 fully saturated rings. The Balaban J connectivity index is 1.20. The molecule has 1 aromatic rings. The molecule has 0 radical (unpaired) electrons. The fourth-order valence-electron chi connectivity index (χ4n) is 6.31. The van der Waals surface area contributed by atoms with Crippen LogP contribution in [0.25, 0.3) is 0 Å². The van der Waals surface area contributed by atoms with E-state index in [1.54, 1.807) is 0 Å². The van der Waals surface area contributed by atoms with Crippen molar-refractivity contribution in [1.29, 1.82) is 0 Å². The number of hydrogen-bond donors (Lipinski definition) is 0. The zero-order chi connectivity index (χ0) is 19.0. The summed E-state index contributed by atoms with van der Waals surface area (Å²) in [7, 11) is 0. The van der Waals surface area contributed by atoms with Gasteiger partial charge in [0.2, 0.25) is 0 Å². The number of benzene rings is 1. The smallest absolute Gasteiger partial charge is 0.117 e.